The number of nitrogens with zero attached hydrogens (tertiary/aromatic N) is 4. The van der Waals surface area contributed by atoms with E-state index in [0.29, 0.717) is 18.2 Å². The number of hydrogen-bond acceptors (Lipinski definition) is 5. The topological polar surface area (TPSA) is 63.1 Å². The summed E-state index contributed by atoms with van der Waals surface area (Å²) in [5.74, 6) is 0.375. The van der Waals surface area contributed by atoms with E-state index in [1.807, 2.05) is 12.1 Å². The van der Waals surface area contributed by atoms with Crippen molar-refractivity contribution in [1.29, 1.82) is 0 Å². The number of rotatable bonds is 7. The lowest BCUT2D eigenvalue weighted by Crippen LogP contribution is -2.32. The van der Waals surface area contributed by atoms with Gasteiger partial charge in [-0.05, 0) is 29.0 Å². The molecule has 7 heteroatoms. The van der Waals surface area contributed by atoms with Gasteiger partial charge in [0.05, 0.1) is 0 Å². The molecule has 1 N–H and O–H groups in total. The first-order valence-corrected chi connectivity index (χ1v) is 11.0. The van der Waals surface area contributed by atoms with Gasteiger partial charge < -0.3 is 5.32 Å². The van der Waals surface area contributed by atoms with E-state index in [1.165, 1.54) is 10.6 Å². The maximum atomic E-state index is 13.0. The second kappa shape index (κ2) is 8.88. The van der Waals surface area contributed by atoms with E-state index in [0.717, 1.165) is 43.7 Å². The highest BCUT2D eigenvalue weighted by atomic mass is 32.1. The summed E-state index contributed by atoms with van der Waals surface area (Å²) in [6.45, 7) is 8.33. The molecule has 1 aliphatic heterocycles. The first-order chi connectivity index (χ1) is 14.1. The van der Waals surface area contributed by atoms with Crippen molar-refractivity contribution in [2.24, 2.45) is 5.92 Å². The second-order valence-electron chi connectivity index (χ2n) is 7.93. The van der Waals surface area contributed by atoms with Crippen LogP contribution in [0.2, 0.25) is 0 Å². The Bertz CT molecular complexity index is 949. The molecule has 6 nitrogen and oxygen atoms in total. The Morgan fingerprint density at radius 3 is 2.93 bits per heavy atom. The third kappa shape index (κ3) is 4.74. The molecule has 3 aromatic rings. The molecule has 1 aliphatic rings. The highest BCUT2D eigenvalue weighted by Crippen LogP contribution is 2.25. The molecule has 0 fully saturated rings. The second-order valence-corrected chi connectivity index (χ2v) is 8.97. The van der Waals surface area contributed by atoms with Crippen molar-refractivity contribution in [2.45, 2.75) is 46.4 Å². The van der Waals surface area contributed by atoms with Gasteiger partial charge in [-0.25, -0.2) is 0 Å². The van der Waals surface area contributed by atoms with Crippen molar-refractivity contribution >= 4 is 17.2 Å². The van der Waals surface area contributed by atoms with Crippen LogP contribution in [-0.2, 0) is 32.6 Å². The summed E-state index contributed by atoms with van der Waals surface area (Å²) in [6, 6.07) is 8.10. The highest BCUT2D eigenvalue weighted by Gasteiger charge is 2.28. The molecule has 29 heavy (non-hydrogen) atoms. The smallest absolute Gasteiger partial charge is 0.272 e. The fraction of sp³-hybridized carbons (Fsp3) is 0.409. The van der Waals surface area contributed by atoms with E-state index < -0.39 is 0 Å². The van der Waals surface area contributed by atoms with Gasteiger partial charge in [0.25, 0.3) is 5.91 Å². The number of hydrogen-bond donors (Lipinski definition) is 1. The van der Waals surface area contributed by atoms with Gasteiger partial charge in [0.15, 0.2) is 5.69 Å². The fourth-order valence-electron chi connectivity index (χ4n) is 3.75. The van der Waals surface area contributed by atoms with Gasteiger partial charge in [0, 0.05) is 67.7 Å². The van der Waals surface area contributed by atoms with Gasteiger partial charge in [0.1, 0.15) is 0 Å². The number of carbonyl (C=O) groups excluding carboxylic acids is 1. The summed E-state index contributed by atoms with van der Waals surface area (Å²) in [4.78, 5) is 20.9. The standard InChI is InChI=1S/C22H27N5OS/c1-16(2)13-27-20-7-9-26(14-18-6-4-10-29-18)15-19(20)21(25-27)22(28)24-12-17-5-3-8-23-11-17/h3-6,8,10-11,16H,7,9,12-15H2,1-2H3,(H,24,28). The summed E-state index contributed by atoms with van der Waals surface area (Å²) >= 11 is 1.78. The number of pyridine rings is 1. The highest BCUT2D eigenvalue weighted by molar-refractivity contribution is 7.09. The zero-order chi connectivity index (χ0) is 20.2. The minimum Gasteiger partial charge on any atom is -0.346 e. The third-order valence-corrected chi connectivity index (χ3v) is 5.96. The summed E-state index contributed by atoms with van der Waals surface area (Å²) in [7, 11) is 0. The third-order valence-electron chi connectivity index (χ3n) is 5.10. The zero-order valence-corrected chi connectivity index (χ0v) is 17.8. The van der Waals surface area contributed by atoms with E-state index in [-0.39, 0.29) is 5.91 Å². The number of amides is 1. The molecular weight excluding hydrogens is 382 g/mol. The molecule has 0 spiro atoms. The molecule has 0 saturated heterocycles. The van der Waals surface area contributed by atoms with E-state index in [4.69, 9.17) is 5.10 Å². The van der Waals surface area contributed by atoms with E-state index in [2.05, 4.69) is 51.2 Å². The van der Waals surface area contributed by atoms with Gasteiger partial charge >= 0.3 is 0 Å². The number of aromatic nitrogens is 3. The molecule has 1 amide bonds. The number of thiophene rings is 1. The minimum absolute atomic E-state index is 0.106. The Morgan fingerprint density at radius 1 is 1.31 bits per heavy atom. The molecule has 4 rings (SSSR count). The maximum absolute atomic E-state index is 13.0. The number of carbonyl (C=O) groups is 1. The number of nitrogens with one attached hydrogen (secondary N) is 1. The average molecular weight is 410 g/mol. The lowest BCUT2D eigenvalue weighted by molar-refractivity contribution is 0.0942. The van der Waals surface area contributed by atoms with Crippen LogP contribution in [0.25, 0.3) is 0 Å². The Labute approximate surface area is 175 Å². The van der Waals surface area contributed by atoms with Gasteiger partial charge in [-0.2, -0.15) is 5.10 Å². The largest absolute Gasteiger partial charge is 0.346 e. The minimum atomic E-state index is -0.106. The Balaban J connectivity index is 1.54. The van der Waals surface area contributed by atoms with Crippen molar-refractivity contribution in [1.82, 2.24) is 25.0 Å². The lowest BCUT2D eigenvalue weighted by Gasteiger charge is -2.27. The van der Waals surface area contributed by atoms with Crippen LogP contribution in [0.3, 0.4) is 0 Å². The number of fused-ring (bicyclic) bond motifs is 1. The van der Waals surface area contributed by atoms with Gasteiger partial charge in [0.2, 0.25) is 0 Å². The molecule has 0 radical (unpaired) electrons. The van der Waals surface area contributed by atoms with E-state index in [9.17, 15) is 4.79 Å². The van der Waals surface area contributed by atoms with Crippen LogP contribution in [-0.4, -0.2) is 32.1 Å². The fourth-order valence-corrected chi connectivity index (χ4v) is 4.50. The molecule has 152 valence electrons. The van der Waals surface area contributed by atoms with Gasteiger partial charge in [-0.1, -0.05) is 26.0 Å². The first kappa shape index (κ1) is 19.8. The van der Waals surface area contributed by atoms with E-state index in [1.54, 1.807) is 23.7 Å². The van der Waals surface area contributed by atoms with Gasteiger partial charge in [-0.15, -0.1) is 11.3 Å². The Morgan fingerprint density at radius 2 is 2.21 bits per heavy atom. The Kier molecular flexibility index (Phi) is 6.06. The van der Waals surface area contributed by atoms with Crippen LogP contribution < -0.4 is 5.32 Å². The molecule has 4 heterocycles. The van der Waals surface area contributed by atoms with Gasteiger partial charge in [-0.3, -0.25) is 19.4 Å². The molecule has 0 atom stereocenters. The summed E-state index contributed by atoms with van der Waals surface area (Å²) in [5, 5.41) is 9.88. The van der Waals surface area contributed by atoms with E-state index >= 15 is 0 Å². The molecule has 0 aromatic carbocycles. The predicted octanol–water partition coefficient (Wildman–Crippen LogP) is 3.48. The first-order valence-electron chi connectivity index (χ1n) is 10.1. The SMILES string of the molecule is CC(C)Cn1nc(C(=O)NCc2cccnc2)c2c1CCN(Cc1cccs1)C2. The molecule has 0 unspecified atom stereocenters. The average Bonchev–Trinajstić information content (AvgIpc) is 3.35. The summed E-state index contributed by atoms with van der Waals surface area (Å²) < 4.78 is 2.06. The normalized spacial score (nSPS) is 14.2. The molecule has 0 bridgehead atoms. The van der Waals surface area contributed by atoms with Crippen LogP contribution >= 0.6 is 11.3 Å². The monoisotopic (exact) mass is 409 g/mol. The molecule has 3 aromatic heterocycles. The van der Waals surface area contributed by atoms with Crippen LogP contribution in [0.4, 0.5) is 0 Å². The van der Waals surface area contributed by atoms with Crippen LogP contribution in [0.15, 0.2) is 42.0 Å². The lowest BCUT2D eigenvalue weighted by atomic mass is 10.0. The molecule has 0 saturated carbocycles. The van der Waals surface area contributed by atoms with Crippen molar-refractivity contribution in [2.75, 3.05) is 6.54 Å². The summed E-state index contributed by atoms with van der Waals surface area (Å²) in [6.07, 6.45) is 4.43. The van der Waals surface area contributed by atoms with Crippen molar-refractivity contribution in [3.63, 3.8) is 0 Å². The van der Waals surface area contributed by atoms with Crippen LogP contribution in [0.5, 0.6) is 0 Å². The van der Waals surface area contributed by atoms with Crippen molar-refractivity contribution in [3.05, 3.63) is 69.4 Å². The maximum Gasteiger partial charge on any atom is 0.272 e. The van der Waals surface area contributed by atoms with Crippen LogP contribution in [0, 0.1) is 5.92 Å². The van der Waals surface area contributed by atoms with Crippen LogP contribution in [0.1, 0.15) is 46.0 Å². The predicted molar refractivity (Wildman–Crippen MR) is 115 cm³/mol. The van der Waals surface area contributed by atoms with Crippen molar-refractivity contribution < 1.29 is 4.79 Å². The quantitative estimate of drug-likeness (QED) is 0.649. The van der Waals surface area contributed by atoms with Crippen molar-refractivity contribution in [3.8, 4) is 0 Å². The summed E-state index contributed by atoms with van der Waals surface area (Å²) in [5.41, 5.74) is 3.85. The Hall–Kier alpha value is -2.51. The molecule has 0 aliphatic carbocycles. The molecular formula is C22H27N5OS. The zero-order valence-electron chi connectivity index (χ0n) is 17.0.